The number of hydrogen-bond acceptors (Lipinski definition) is 5. The number of benzene rings is 1. The standard InChI is InChI=1S/C16H18N2O3/c1-4-21-14(19)16(11-18,12-20-3)15(2,10-17)13-8-6-5-7-9-13/h5-9H,4,12H2,1-3H3/t15-,16-/m1/s1. The van der Waals surface area contributed by atoms with E-state index >= 15 is 0 Å². The Labute approximate surface area is 124 Å². The molecule has 1 aromatic carbocycles. The van der Waals surface area contributed by atoms with Gasteiger partial charge in [-0.05, 0) is 19.4 Å². The van der Waals surface area contributed by atoms with Crippen LogP contribution in [0.25, 0.3) is 0 Å². The number of hydrogen-bond donors (Lipinski definition) is 0. The van der Waals surface area contributed by atoms with E-state index in [1.54, 1.807) is 44.2 Å². The van der Waals surface area contributed by atoms with Gasteiger partial charge in [-0.15, -0.1) is 0 Å². The fraction of sp³-hybridized carbons (Fsp3) is 0.438. The first-order valence-electron chi connectivity index (χ1n) is 6.56. The van der Waals surface area contributed by atoms with Gasteiger partial charge in [0.05, 0.1) is 25.4 Å². The number of methoxy groups -OCH3 is 1. The molecule has 0 unspecified atom stereocenters. The van der Waals surface area contributed by atoms with Gasteiger partial charge in [0, 0.05) is 7.11 Å². The molecule has 0 saturated carbocycles. The second-order valence-electron chi connectivity index (χ2n) is 4.77. The van der Waals surface area contributed by atoms with Crippen molar-refractivity contribution < 1.29 is 14.3 Å². The quantitative estimate of drug-likeness (QED) is 0.748. The molecule has 1 aromatic rings. The third kappa shape index (κ3) is 2.74. The molecular formula is C16H18N2O3. The lowest BCUT2D eigenvalue weighted by molar-refractivity contribution is -0.157. The Balaban J connectivity index is 3.52. The van der Waals surface area contributed by atoms with Gasteiger partial charge in [-0.2, -0.15) is 10.5 Å². The van der Waals surface area contributed by atoms with E-state index in [0.717, 1.165) is 0 Å². The van der Waals surface area contributed by atoms with E-state index in [4.69, 9.17) is 9.47 Å². The third-order valence-corrected chi connectivity index (χ3v) is 3.60. The maximum Gasteiger partial charge on any atom is 0.330 e. The maximum atomic E-state index is 12.4. The lowest BCUT2D eigenvalue weighted by Gasteiger charge is -2.36. The van der Waals surface area contributed by atoms with Crippen molar-refractivity contribution in [3.8, 4) is 12.1 Å². The second kappa shape index (κ2) is 6.88. The highest BCUT2D eigenvalue weighted by atomic mass is 16.5. The molecule has 110 valence electrons. The minimum absolute atomic E-state index is 0.127. The zero-order valence-corrected chi connectivity index (χ0v) is 12.4. The molecule has 5 heteroatoms. The molecule has 0 saturated heterocycles. The Bertz CT molecular complexity index is 573. The molecule has 0 aromatic heterocycles. The predicted octanol–water partition coefficient (Wildman–Crippen LogP) is 2.19. The average Bonchev–Trinajstić information content (AvgIpc) is 2.52. The van der Waals surface area contributed by atoms with Crippen molar-refractivity contribution in [3.05, 3.63) is 35.9 Å². The summed E-state index contributed by atoms with van der Waals surface area (Å²) in [6.45, 7) is 3.12. The van der Waals surface area contributed by atoms with Crippen molar-refractivity contribution in [1.82, 2.24) is 0 Å². The number of ether oxygens (including phenoxy) is 2. The first-order valence-corrected chi connectivity index (χ1v) is 6.56. The van der Waals surface area contributed by atoms with Gasteiger partial charge in [0.2, 0.25) is 0 Å². The van der Waals surface area contributed by atoms with Gasteiger partial charge in [0.1, 0.15) is 5.41 Å². The van der Waals surface area contributed by atoms with Crippen molar-refractivity contribution in [3.63, 3.8) is 0 Å². The predicted molar refractivity (Wildman–Crippen MR) is 76.0 cm³/mol. The van der Waals surface area contributed by atoms with Crippen molar-refractivity contribution in [2.75, 3.05) is 20.3 Å². The number of carbonyl (C=O) groups is 1. The number of rotatable bonds is 6. The highest BCUT2D eigenvalue weighted by molar-refractivity contribution is 5.84. The summed E-state index contributed by atoms with van der Waals surface area (Å²) in [6.07, 6.45) is 0. The van der Waals surface area contributed by atoms with Crippen LogP contribution in [-0.4, -0.2) is 26.3 Å². The molecule has 0 amide bonds. The molecule has 0 aliphatic heterocycles. The van der Waals surface area contributed by atoms with Crippen LogP contribution in [0.3, 0.4) is 0 Å². The van der Waals surface area contributed by atoms with Gasteiger partial charge >= 0.3 is 5.97 Å². The van der Waals surface area contributed by atoms with Gasteiger partial charge in [0.25, 0.3) is 0 Å². The molecule has 0 spiro atoms. The average molecular weight is 286 g/mol. The Morgan fingerprint density at radius 3 is 2.29 bits per heavy atom. The summed E-state index contributed by atoms with van der Waals surface area (Å²) >= 11 is 0. The van der Waals surface area contributed by atoms with E-state index in [9.17, 15) is 15.3 Å². The Hall–Kier alpha value is -2.37. The molecule has 0 aliphatic rings. The molecule has 0 aliphatic carbocycles. The highest BCUT2D eigenvalue weighted by Gasteiger charge is 2.57. The number of esters is 1. The molecule has 0 fully saturated rings. The summed E-state index contributed by atoms with van der Waals surface area (Å²) in [5.74, 6) is -0.748. The Kier molecular flexibility index (Phi) is 5.46. The van der Waals surface area contributed by atoms with Crippen LogP contribution in [0, 0.1) is 28.1 Å². The molecule has 0 N–H and O–H groups in total. The van der Waals surface area contributed by atoms with Crippen LogP contribution in [0.2, 0.25) is 0 Å². The molecule has 0 radical (unpaired) electrons. The minimum Gasteiger partial charge on any atom is -0.465 e. The minimum atomic E-state index is -1.73. The molecule has 5 nitrogen and oxygen atoms in total. The normalized spacial score (nSPS) is 15.9. The van der Waals surface area contributed by atoms with Crippen LogP contribution in [0.15, 0.2) is 30.3 Å². The van der Waals surface area contributed by atoms with Crippen LogP contribution >= 0.6 is 0 Å². The van der Waals surface area contributed by atoms with Crippen LogP contribution in [0.5, 0.6) is 0 Å². The maximum absolute atomic E-state index is 12.4. The fourth-order valence-corrected chi connectivity index (χ4v) is 2.25. The first-order chi connectivity index (χ1) is 10.0. The Morgan fingerprint density at radius 2 is 1.86 bits per heavy atom. The zero-order valence-electron chi connectivity index (χ0n) is 12.4. The van der Waals surface area contributed by atoms with E-state index < -0.39 is 16.8 Å². The van der Waals surface area contributed by atoms with Gasteiger partial charge in [-0.3, -0.25) is 4.79 Å². The van der Waals surface area contributed by atoms with Gasteiger partial charge < -0.3 is 9.47 Å². The smallest absolute Gasteiger partial charge is 0.330 e. The summed E-state index contributed by atoms with van der Waals surface area (Å²) in [5, 5.41) is 19.3. The van der Waals surface area contributed by atoms with Crippen molar-refractivity contribution in [2.24, 2.45) is 5.41 Å². The monoisotopic (exact) mass is 286 g/mol. The van der Waals surface area contributed by atoms with Crippen LogP contribution in [-0.2, 0) is 19.7 Å². The van der Waals surface area contributed by atoms with Crippen molar-refractivity contribution >= 4 is 5.97 Å². The largest absolute Gasteiger partial charge is 0.465 e. The zero-order chi connectivity index (χ0) is 15.9. The van der Waals surface area contributed by atoms with Crippen LogP contribution in [0.1, 0.15) is 19.4 Å². The summed E-state index contributed by atoms with van der Waals surface area (Å²) in [6, 6.07) is 12.8. The second-order valence-corrected chi connectivity index (χ2v) is 4.77. The SMILES string of the molecule is CCOC(=O)[C@@](C#N)(COC)[C@](C)(C#N)c1ccccc1. The van der Waals surface area contributed by atoms with Gasteiger partial charge in [-0.25, -0.2) is 0 Å². The summed E-state index contributed by atoms with van der Waals surface area (Å²) in [4.78, 5) is 12.4. The van der Waals surface area contributed by atoms with Crippen molar-refractivity contribution in [2.45, 2.75) is 19.3 Å². The van der Waals surface area contributed by atoms with E-state index in [0.29, 0.717) is 5.56 Å². The molecule has 1 rings (SSSR count). The molecule has 21 heavy (non-hydrogen) atoms. The summed E-state index contributed by atoms with van der Waals surface area (Å²) in [7, 11) is 1.38. The topological polar surface area (TPSA) is 83.1 Å². The van der Waals surface area contributed by atoms with E-state index in [1.807, 2.05) is 6.07 Å². The van der Waals surface area contributed by atoms with E-state index in [1.165, 1.54) is 7.11 Å². The highest BCUT2D eigenvalue weighted by Crippen LogP contribution is 2.42. The third-order valence-electron chi connectivity index (χ3n) is 3.60. The summed E-state index contributed by atoms with van der Waals surface area (Å²) in [5.41, 5.74) is -2.54. The lowest BCUT2D eigenvalue weighted by atomic mass is 9.62. The number of carbonyl (C=O) groups excluding carboxylic acids is 1. The summed E-state index contributed by atoms with van der Waals surface area (Å²) < 4.78 is 10.1. The van der Waals surface area contributed by atoms with Crippen LogP contribution in [0.4, 0.5) is 0 Å². The first kappa shape index (κ1) is 16.7. The molecular weight excluding hydrogens is 268 g/mol. The molecule has 0 heterocycles. The lowest BCUT2D eigenvalue weighted by Crippen LogP contribution is -2.51. The molecule has 0 bridgehead atoms. The fourth-order valence-electron chi connectivity index (χ4n) is 2.25. The molecule has 2 atom stereocenters. The van der Waals surface area contributed by atoms with E-state index in [2.05, 4.69) is 6.07 Å². The van der Waals surface area contributed by atoms with E-state index in [-0.39, 0.29) is 13.2 Å². The van der Waals surface area contributed by atoms with Gasteiger partial charge in [0.15, 0.2) is 5.41 Å². The number of nitrogens with zero attached hydrogens (tertiary/aromatic N) is 2. The number of nitriles is 2. The van der Waals surface area contributed by atoms with Crippen LogP contribution < -0.4 is 0 Å². The van der Waals surface area contributed by atoms with Gasteiger partial charge in [-0.1, -0.05) is 30.3 Å². The van der Waals surface area contributed by atoms with Crippen molar-refractivity contribution in [1.29, 1.82) is 10.5 Å². The Morgan fingerprint density at radius 1 is 1.24 bits per heavy atom.